The molecule has 0 bridgehead atoms. The summed E-state index contributed by atoms with van der Waals surface area (Å²) >= 11 is 0.248. The van der Waals surface area contributed by atoms with Crippen LogP contribution in [0, 0.1) is 0 Å². The van der Waals surface area contributed by atoms with Gasteiger partial charge in [0.1, 0.15) is 14.6 Å². The second-order valence-corrected chi connectivity index (χ2v) is 8.07. The minimum absolute atomic E-state index is 0.0104. The number of sulfone groups is 1. The van der Waals surface area contributed by atoms with Crippen LogP contribution in [0.25, 0.3) is 10.2 Å². The van der Waals surface area contributed by atoms with Gasteiger partial charge in [-0.15, -0.1) is 11.3 Å². The van der Waals surface area contributed by atoms with Crippen LogP contribution >= 0.6 is 11.3 Å². The lowest BCUT2D eigenvalue weighted by Crippen LogP contribution is -2.11. The first-order chi connectivity index (χ1) is 11.6. The maximum atomic E-state index is 13.4. The van der Waals surface area contributed by atoms with E-state index in [1.54, 1.807) is 6.07 Å². The minimum atomic E-state index is -4.89. The van der Waals surface area contributed by atoms with E-state index >= 15 is 0 Å². The van der Waals surface area contributed by atoms with Crippen molar-refractivity contribution >= 4 is 37.4 Å². The van der Waals surface area contributed by atoms with Gasteiger partial charge in [0.25, 0.3) is 0 Å². The van der Waals surface area contributed by atoms with Crippen molar-refractivity contribution in [1.82, 2.24) is 4.98 Å². The van der Waals surface area contributed by atoms with Gasteiger partial charge in [0, 0.05) is 11.6 Å². The summed E-state index contributed by atoms with van der Waals surface area (Å²) in [5.41, 5.74) is -0.0104. The van der Waals surface area contributed by atoms with Crippen LogP contribution in [0.15, 0.2) is 46.3 Å². The summed E-state index contributed by atoms with van der Waals surface area (Å²) in [4.78, 5) is 11.0. The number of nitrogens with one attached hydrogen (secondary N) is 1. The van der Waals surface area contributed by atoms with Crippen molar-refractivity contribution in [3.05, 3.63) is 47.0 Å². The average molecular weight is 389 g/mol. The quantitative estimate of drug-likeness (QED) is 0.712. The molecule has 0 aliphatic heterocycles. The molecule has 0 aliphatic carbocycles. The second kappa shape index (κ2) is 5.88. The molecular weight excluding hydrogens is 379 g/mol. The van der Waals surface area contributed by atoms with Crippen molar-refractivity contribution < 1.29 is 31.5 Å². The molecule has 0 spiro atoms. The summed E-state index contributed by atoms with van der Waals surface area (Å²) in [5, 5.41) is 8.72. The van der Waals surface area contributed by atoms with Crippen molar-refractivity contribution in [2.45, 2.75) is 22.4 Å². The Labute approximate surface area is 143 Å². The smallest absolute Gasteiger partial charge is 0.426 e. The summed E-state index contributed by atoms with van der Waals surface area (Å²) in [6.07, 6.45) is -4.26. The molecule has 132 valence electrons. The monoisotopic (exact) mass is 389 g/mol. The third-order valence-electron chi connectivity index (χ3n) is 3.48. The fourth-order valence-electron chi connectivity index (χ4n) is 2.50. The summed E-state index contributed by atoms with van der Waals surface area (Å²) in [5.74, 6) is -1.27. The fourth-order valence-corrected chi connectivity index (χ4v) is 5.60. The molecule has 0 fully saturated rings. The lowest BCUT2D eigenvalue weighted by molar-refractivity contribution is -0.137. The van der Waals surface area contributed by atoms with Crippen molar-refractivity contribution in [3.8, 4) is 0 Å². The zero-order valence-electron chi connectivity index (χ0n) is 12.3. The second-order valence-electron chi connectivity index (χ2n) is 5.16. The SMILES string of the molecule is O=C(O)Cc1c[nH]c2sc(C(F)(F)F)c(S(=O)(=O)c3ccccc3)c12. The van der Waals surface area contributed by atoms with Gasteiger partial charge >= 0.3 is 12.1 Å². The topological polar surface area (TPSA) is 87.2 Å². The number of aliphatic carboxylic acids is 1. The molecule has 10 heteroatoms. The normalized spacial score (nSPS) is 12.6. The highest BCUT2D eigenvalue weighted by Crippen LogP contribution is 2.46. The molecule has 3 rings (SSSR count). The van der Waals surface area contributed by atoms with E-state index in [1.807, 2.05) is 0 Å². The zero-order valence-corrected chi connectivity index (χ0v) is 13.9. The molecule has 0 amide bonds. The van der Waals surface area contributed by atoms with Gasteiger partial charge < -0.3 is 10.1 Å². The van der Waals surface area contributed by atoms with Crippen LogP contribution < -0.4 is 0 Å². The van der Waals surface area contributed by atoms with Crippen molar-refractivity contribution in [2.24, 2.45) is 0 Å². The van der Waals surface area contributed by atoms with Crippen LogP contribution in [0.5, 0.6) is 0 Å². The van der Waals surface area contributed by atoms with Crippen LogP contribution in [0.4, 0.5) is 13.2 Å². The first-order valence-electron chi connectivity index (χ1n) is 6.84. The van der Waals surface area contributed by atoms with E-state index in [2.05, 4.69) is 4.98 Å². The van der Waals surface area contributed by atoms with Gasteiger partial charge in [-0.05, 0) is 17.7 Å². The van der Waals surface area contributed by atoms with Crippen molar-refractivity contribution in [3.63, 3.8) is 0 Å². The number of hydrogen-bond donors (Lipinski definition) is 2. The Morgan fingerprint density at radius 3 is 2.40 bits per heavy atom. The number of aromatic amines is 1. The largest absolute Gasteiger partial charge is 0.481 e. The first-order valence-corrected chi connectivity index (χ1v) is 9.14. The van der Waals surface area contributed by atoms with Crippen LogP contribution in [0.1, 0.15) is 10.4 Å². The Balaban J connectivity index is 2.38. The number of fused-ring (bicyclic) bond motifs is 1. The highest BCUT2D eigenvalue weighted by Gasteiger charge is 2.42. The van der Waals surface area contributed by atoms with Crippen LogP contribution in [0.3, 0.4) is 0 Å². The Hall–Kier alpha value is -2.33. The number of H-pyrrole nitrogens is 1. The van der Waals surface area contributed by atoms with Crippen molar-refractivity contribution in [2.75, 3.05) is 0 Å². The summed E-state index contributed by atoms with van der Waals surface area (Å²) in [6, 6.07) is 6.74. The van der Waals surface area contributed by atoms with Gasteiger partial charge in [0.2, 0.25) is 9.84 Å². The lowest BCUT2D eigenvalue weighted by atomic mass is 10.2. The van der Waals surface area contributed by atoms with E-state index in [4.69, 9.17) is 5.11 Å². The van der Waals surface area contributed by atoms with Gasteiger partial charge in [-0.3, -0.25) is 4.79 Å². The Morgan fingerprint density at radius 1 is 1.20 bits per heavy atom. The molecule has 3 aromatic rings. The van der Waals surface area contributed by atoms with Gasteiger partial charge in [0.05, 0.1) is 11.3 Å². The standard InChI is InChI=1S/C15H10F3NO4S2/c16-15(17,18)13-12(25(22,23)9-4-2-1-3-5-9)11-8(6-10(20)21)7-19-14(11)24-13/h1-5,7,19H,6H2,(H,20,21). The molecule has 0 atom stereocenters. The molecular formula is C15H10F3NO4S2. The van der Waals surface area contributed by atoms with Crippen LogP contribution in [0.2, 0.25) is 0 Å². The van der Waals surface area contributed by atoms with E-state index in [9.17, 15) is 26.4 Å². The number of carboxylic acid groups (broad SMARTS) is 1. The zero-order chi connectivity index (χ0) is 18.4. The summed E-state index contributed by atoms with van der Waals surface area (Å²) in [7, 11) is -4.49. The van der Waals surface area contributed by atoms with E-state index in [-0.39, 0.29) is 32.0 Å². The predicted molar refractivity (Wildman–Crippen MR) is 84.4 cm³/mol. The number of aromatic nitrogens is 1. The van der Waals surface area contributed by atoms with E-state index < -0.39 is 38.2 Å². The molecule has 0 saturated carbocycles. The summed E-state index contributed by atoms with van der Waals surface area (Å²) in [6.45, 7) is 0. The lowest BCUT2D eigenvalue weighted by Gasteiger charge is -2.10. The molecule has 0 saturated heterocycles. The molecule has 0 unspecified atom stereocenters. The van der Waals surface area contributed by atoms with Gasteiger partial charge in [0.15, 0.2) is 0 Å². The highest BCUT2D eigenvalue weighted by atomic mass is 32.2. The maximum Gasteiger partial charge on any atom is 0.426 e. The number of hydrogen-bond acceptors (Lipinski definition) is 4. The van der Waals surface area contributed by atoms with Gasteiger partial charge in [-0.1, -0.05) is 18.2 Å². The van der Waals surface area contributed by atoms with Crippen LogP contribution in [-0.4, -0.2) is 24.5 Å². The highest BCUT2D eigenvalue weighted by molar-refractivity contribution is 7.92. The summed E-state index contributed by atoms with van der Waals surface area (Å²) < 4.78 is 66.0. The fraction of sp³-hybridized carbons (Fsp3) is 0.133. The van der Waals surface area contributed by atoms with Crippen molar-refractivity contribution in [1.29, 1.82) is 0 Å². The third-order valence-corrected chi connectivity index (χ3v) is 6.62. The van der Waals surface area contributed by atoms with Gasteiger partial charge in [-0.2, -0.15) is 13.2 Å². The minimum Gasteiger partial charge on any atom is -0.481 e. The van der Waals surface area contributed by atoms with Gasteiger partial charge in [-0.25, -0.2) is 8.42 Å². The molecule has 5 nitrogen and oxygen atoms in total. The molecule has 25 heavy (non-hydrogen) atoms. The first kappa shape index (κ1) is 17.5. The molecule has 0 radical (unpaired) electrons. The van der Waals surface area contributed by atoms with E-state index in [0.717, 1.165) is 0 Å². The molecule has 2 aromatic heterocycles. The number of rotatable bonds is 4. The Kier molecular flexibility index (Phi) is 4.12. The number of benzene rings is 1. The van der Waals surface area contributed by atoms with Crippen LogP contribution in [-0.2, 0) is 27.2 Å². The number of halogens is 3. The Morgan fingerprint density at radius 2 is 1.84 bits per heavy atom. The number of alkyl halides is 3. The van der Waals surface area contributed by atoms with E-state index in [0.29, 0.717) is 0 Å². The molecule has 0 aliphatic rings. The number of thiophene rings is 1. The maximum absolute atomic E-state index is 13.4. The number of carboxylic acids is 1. The molecule has 2 heterocycles. The Bertz CT molecular complexity index is 1050. The molecule has 1 aromatic carbocycles. The third kappa shape index (κ3) is 3.02. The molecule has 2 N–H and O–H groups in total. The predicted octanol–water partition coefficient (Wildman–Crippen LogP) is 3.71. The van der Waals surface area contributed by atoms with E-state index in [1.165, 1.54) is 30.5 Å². The average Bonchev–Trinajstić information content (AvgIpc) is 3.07. The number of carbonyl (C=O) groups is 1.